The molecular weight excluding hydrogens is 220 g/mol. The van der Waals surface area contributed by atoms with Crippen LogP contribution < -0.4 is 0 Å². The average Bonchev–Trinajstić information content (AvgIpc) is 2.29. The third-order valence-electron chi connectivity index (χ3n) is 1.15. The Hall–Kier alpha value is -2.30. The van der Waals surface area contributed by atoms with Crippen LogP contribution >= 0.6 is 0 Å². The van der Waals surface area contributed by atoms with Gasteiger partial charge in [0.1, 0.15) is 26.3 Å². The summed E-state index contributed by atoms with van der Waals surface area (Å²) in [6, 6.07) is 0. The number of ether oxygens (including phenoxy) is 2. The van der Waals surface area contributed by atoms with E-state index in [0.29, 0.717) is 0 Å². The second kappa shape index (κ2) is 9.26. The highest BCUT2D eigenvalue weighted by Crippen LogP contribution is 1.84. The van der Waals surface area contributed by atoms with E-state index in [0.717, 1.165) is 0 Å². The van der Waals surface area contributed by atoms with Crippen LogP contribution in [0.4, 0.5) is 0 Å². The van der Waals surface area contributed by atoms with Crippen LogP contribution in [0.15, 0.2) is 9.98 Å². The van der Waals surface area contributed by atoms with E-state index >= 15 is 0 Å². The quantitative estimate of drug-likeness (QED) is 0.233. The van der Waals surface area contributed by atoms with Crippen molar-refractivity contribution < 1.29 is 28.7 Å². The van der Waals surface area contributed by atoms with Crippen LogP contribution in [0.1, 0.15) is 0 Å². The van der Waals surface area contributed by atoms with Crippen molar-refractivity contribution in [1.82, 2.24) is 0 Å². The summed E-state index contributed by atoms with van der Waals surface area (Å²) < 4.78 is 9.00. The van der Waals surface area contributed by atoms with Crippen LogP contribution in [0.3, 0.4) is 0 Å². The molecule has 0 N–H and O–H groups in total. The Bertz CT molecular complexity index is 306. The summed E-state index contributed by atoms with van der Waals surface area (Å²) in [6.07, 6.45) is 2.34. The molecule has 0 radical (unpaired) electrons. The fourth-order valence-electron chi connectivity index (χ4n) is 0.596. The first-order valence-corrected chi connectivity index (χ1v) is 4.09. The first-order valence-electron chi connectivity index (χ1n) is 4.09. The standard InChI is InChI=1S/C8H8N2O6/c11-5-9-3-7(13)15-1-2-16-8(14)4-10-6-12/h1-4H2. The lowest BCUT2D eigenvalue weighted by molar-refractivity contribution is -0.150. The van der Waals surface area contributed by atoms with Gasteiger partial charge in [-0.25, -0.2) is 9.59 Å². The molecule has 0 spiro atoms. The lowest BCUT2D eigenvalue weighted by Gasteiger charge is -2.03. The zero-order valence-corrected chi connectivity index (χ0v) is 8.17. The minimum Gasteiger partial charge on any atom is -0.461 e. The van der Waals surface area contributed by atoms with Gasteiger partial charge in [0, 0.05) is 0 Å². The Morgan fingerprint density at radius 3 is 1.56 bits per heavy atom. The van der Waals surface area contributed by atoms with Crippen molar-refractivity contribution >= 4 is 24.1 Å². The van der Waals surface area contributed by atoms with E-state index in [1.165, 1.54) is 12.2 Å². The molecule has 8 nitrogen and oxygen atoms in total. The maximum Gasteiger partial charge on any atom is 0.328 e. The van der Waals surface area contributed by atoms with Crippen LogP contribution in [-0.2, 0) is 28.7 Å². The van der Waals surface area contributed by atoms with Gasteiger partial charge in [-0.3, -0.25) is 9.59 Å². The zero-order chi connectivity index (χ0) is 12.2. The van der Waals surface area contributed by atoms with Gasteiger partial charge in [0.2, 0.25) is 12.2 Å². The monoisotopic (exact) mass is 228 g/mol. The van der Waals surface area contributed by atoms with Gasteiger partial charge in [-0.15, -0.1) is 0 Å². The minimum absolute atomic E-state index is 0.163. The molecule has 0 atom stereocenters. The Labute approximate surface area is 90.0 Å². The summed E-state index contributed by atoms with van der Waals surface area (Å²) in [5.41, 5.74) is 0. The molecule has 0 saturated carbocycles. The molecule has 0 aliphatic rings. The maximum absolute atomic E-state index is 10.7. The fourth-order valence-corrected chi connectivity index (χ4v) is 0.596. The summed E-state index contributed by atoms with van der Waals surface area (Å²) >= 11 is 0. The maximum atomic E-state index is 10.7. The molecule has 0 aromatic rings. The smallest absolute Gasteiger partial charge is 0.328 e. The van der Waals surface area contributed by atoms with Crippen LogP contribution in [0.5, 0.6) is 0 Å². The predicted octanol–water partition coefficient (Wildman–Crippen LogP) is -1.26. The third kappa shape index (κ3) is 8.31. The Balaban J connectivity index is 3.52. The van der Waals surface area contributed by atoms with Crippen molar-refractivity contribution in [3.8, 4) is 0 Å². The lowest BCUT2D eigenvalue weighted by atomic mass is 10.6. The average molecular weight is 228 g/mol. The van der Waals surface area contributed by atoms with E-state index < -0.39 is 25.0 Å². The molecule has 8 heteroatoms. The highest BCUT2D eigenvalue weighted by molar-refractivity contribution is 5.73. The first kappa shape index (κ1) is 13.7. The predicted molar refractivity (Wildman–Crippen MR) is 47.9 cm³/mol. The normalized spacial score (nSPS) is 8.25. The number of carbonyl (C=O) groups excluding carboxylic acids is 4. The molecule has 0 aliphatic carbocycles. The van der Waals surface area contributed by atoms with Gasteiger partial charge in [0.25, 0.3) is 0 Å². The highest BCUT2D eigenvalue weighted by Gasteiger charge is 2.03. The molecule has 0 saturated heterocycles. The molecule has 86 valence electrons. The number of aliphatic imine (C=N–C) groups is 2. The summed E-state index contributed by atoms with van der Waals surface area (Å²) in [5, 5.41) is 0. The van der Waals surface area contributed by atoms with Crippen LogP contribution in [-0.4, -0.2) is 50.4 Å². The second-order valence-corrected chi connectivity index (χ2v) is 2.26. The molecule has 0 fully saturated rings. The van der Waals surface area contributed by atoms with Crippen molar-refractivity contribution in [2.75, 3.05) is 26.3 Å². The molecule has 0 bridgehead atoms. The van der Waals surface area contributed by atoms with Gasteiger partial charge in [0.05, 0.1) is 0 Å². The summed E-state index contributed by atoms with van der Waals surface area (Å²) in [4.78, 5) is 46.6. The number of hydrogen-bond acceptors (Lipinski definition) is 8. The van der Waals surface area contributed by atoms with E-state index in [1.807, 2.05) is 0 Å². The molecule has 0 amide bonds. The number of carbonyl (C=O) groups is 2. The summed E-state index contributed by atoms with van der Waals surface area (Å²) in [6.45, 7) is -1.17. The van der Waals surface area contributed by atoms with Crippen LogP contribution in [0.25, 0.3) is 0 Å². The van der Waals surface area contributed by atoms with Crippen molar-refractivity contribution in [3.63, 3.8) is 0 Å². The van der Waals surface area contributed by atoms with Gasteiger partial charge in [-0.1, -0.05) is 0 Å². The topological polar surface area (TPSA) is 111 Å². The zero-order valence-electron chi connectivity index (χ0n) is 8.17. The van der Waals surface area contributed by atoms with Gasteiger partial charge >= 0.3 is 11.9 Å². The molecule has 0 aliphatic heterocycles. The molecule has 0 aromatic carbocycles. The van der Waals surface area contributed by atoms with Crippen molar-refractivity contribution in [1.29, 1.82) is 0 Å². The second-order valence-electron chi connectivity index (χ2n) is 2.26. The molecule has 16 heavy (non-hydrogen) atoms. The number of isocyanates is 2. The number of esters is 2. The largest absolute Gasteiger partial charge is 0.461 e. The van der Waals surface area contributed by atoms with Gasteiger partial charge < -0.3 is 9.47 Å². The van der Waals surface area contributed by atoms with E-state index in [-0.39, 0.29) is 13.2 Å². The van der Waals surface area contributed by atoms with Gasteiger partial charge in [0.15, 0.2) is 0 Å². The number of nitrogens with zero attached hydrogens (tertiary/aromatic N) is 2. The molecule has 0 rings (SSSR count). The van der Waals surface area contributed by atoms with Crippen molar-refractivity contribution in [2.45, 2.75) is 0 Å². The van der Waals surface area contributed by atoms with E-state index in [4.69, 9.17) is 0 Å². The van der Waals surface area contributed by atoms with Crippen LogP contribution in [0, 0.1) is 0 Å². The van der Waals surface area contributed by atoms with Crippen LogP contribution in [0.2, 0.25) is 0 Å². The fraction of sp³-hybridized carbons (Fsp3) is 0.500. The minimum atomic E-state index is -0.731. The van der Waals surface area contributed by atoms with Gasteiger partial charge in [-0.2, -0.15) is 9.98 Å². The van der Waals surface area contributed by atoms with E-state index in [9.17, 15) is 19.2 Å². The van der Waals surface area contributed by atoms with E-state index in [1.54, 1.807) is 0 Å². The first-order chi connectivity index (χ1) is 7.70. The van der Waals surface area contributed by atoms with Gasteiger partial charge in [-0.05, 0) is 0 Å². The lowest BCUT2D eigenvalue weighted by Crippen LogP contribution is -2.16. The molecule has 0 unspecified atom stereocenters. The molecule has 0 aromatic heterocycles. The molecular formula is C8H8N2O6. The van der Waals surface area contributed by atoms with Crippen molar-refractivity contribution in [2.24, 2.45) is 9.98 Å². The number of rotatable bonds is 7. The van der Waals surface area contributed by atoms with E-state index in [2.05, 4.69) is 19.5 Å². The SMILES string of the molecule is O=C=NCC(=O)OCCOC(=O)CN=C=O. The van der Waals surface area contributed by atoms with Crippen molar-refractivity contribution in [3.05, 3.63) is 0 Å². The Morgan fingerprint density at radius 1 is 0.875 bits per heavy atom. The Morgan fingerprint density at radius 2 is 1.25 bits per heavy atom. The highest BCUT2D eigenvalue weighted by atomic mass is 16.6. The summed E-state index contributed by atoms with van der Waals surface area (Å²) in [5.74, 6) is -1.46. The third-order valence-corrected chi connectivity index (χ3v) is 1.15. The number of hydrogen-bond donors (Lipinski definition) is 0. The summed E-state index contributed by atoms with van der Waals surface area (Å²) in [7, 11) is 0. The molecule has 0 heterocycles. The Kier molecular flexibility index (Phi) is 7.93.